The smallest absolute Gasteiger partial charge is 0.328 e. The van der Waals surface area contributed by atoms with Gasteiger partial charge < -0.3 is 9.88 Å². The van der Waals surface area contributed by atoms with Crippen molar-refractivity contribution in [2.24, 2.45) is 14.1 Å². The van der Waals surface area contributed by atoms with Gasteiger partial charge in [0, 0.05) is 19.8 Å². The molecule has 1 aromatic carbocycles. The van der Waals surface area contributed by atoms with Gasteiger partial charge in [-0.25, -0.2) is 14.3 Å². The summed E-state index contributed by atoms with van der Waals surface area (Å²) < 4.78 is 3.73. The van der Waals surface area contributed by atoms with Gasteiger partial charge in [0.2, 0.25) is 5.91 Å². The predicted octanol–water partition coefficient (Wildman–Crippen LogP) is 0.635. The molecule has 2 aromatic heterocycles. The minimum absolute atomic E-state index is 0.281. The highest BCUT2D eigenvalue weighted by atomic mass is 16.2. The number of hydrogen-bond donors (Lipinski definition) is 1. The standard InChI is InChI=1S/C17H19N5O3/c1-4-11-7-5-6-8-12(11)19-13(23)9-22-16(24)14-15(18-10-20(14)2)21(3)17(22)25/h5-8,10H,4,9H2,1-3H3,(H,19,23). The Labute approximate surface area is 143 Å². The number of nitrogens with one attached hydrogen (secondary N) is 1. The fraction of sp³-hybridized carbons (Fsp3) is 0.294. The number of carbonyl (C=O) groups is 1. The first-order valence-electron chi connectivity index (χ1n) is 7.92. The van der Waals surface area contributed by atoms with Gasteiger partial charge in [0.05, 0.1) is 6.33 Å². The molecule has 0 atom stereocenters. The number of anilines is 1. The third-order valence-corrected chi connectivity index (χ3v) is 4.18. The van der Waals surface area contributed by atoms with Crippen molar-refractivity contribution in [3.8, 4) is 0 Å². The lowest BCUT2D eigenvalue weighted by Gasteiger charge is -2.11. The summed E-state index contributed by atoms with van der Waals surface area (Å²) in [6.45, 7) is 1.63. The van der Waals surface area contributed by atoms with Crippen molar-refractivity contribution < 1.29 is 4.79 Å². The van der Waals surface area contributed by atoms with E-state index in [4.69, 9.17) is 0 Å². The zero-order valence-corrected chi connectivity index (χ0v) is 14.3. The molecule has 1 N–H and O–H groups in total. The summed E-state index contributed by atoms with van der Waals surface area (Å²) in [5, 5.41) is 2.77. The number of rotatable bonds is 4. The Bertz CT molecular complexity index is 1070. The van der Waals surface area contributed by atoms with E-state index in [0.29, 0.717) is 11.3 Å². The molecule has 3 rings (SSSR count). The number of carbonyl (C=O) groups excluding carboxylic acids is 1. The van der Waals surface area contributed by atoms with E-state index in [-0.39, 0.29) is 12.1 Å². The first kappa shape index (κ1) is 16.7. The summed E-state index contributed by atoms with van der Waals surface area (Å²) in [6, 6.07) is 7.43. The Morgan fingerprint density at radius 3 is 2.64 bits per heavy atom. The Balaban J connectivity index is 1.98. The summed E-state index contributed by atoms with van der Waals surface area (Å²) in [7, 11) is 3.20. The van der Waals surface area contributed by atoms with Crippen molar-refractivity contribution in [2.45, 2.75) is 19.9 Å². The second kappa shape index (κ2) is 6.39. The highest BCUT2D eigenvalue weighted by Crippen LogP contribution is 2.15. The highest BCUT2D eigenvalue weighted by molar-refractivity contribution is 5.91. The van der Waals surface area contributed by atoms with E-state index in [0.717, 1.165) is 16.6 Å². The Kier molecular flexibility index (Phi) is 4.26. The predicted molar refractivity (Wildman–Crippen MR) is 94.7 cm³/mol. The molecule has 0 saturated carbocycles. The Morgan fingerprint density at radius 2 is 1.92 bits per heavy atom. The lowest BCUT2D eigenvalue weighted by molar-refractivity contribution is -0.116. The number of nitrogens with zero attached hydrogens (tertiary/aromatic N) is 4. The van der Waals surface area contributed by atoms with Gasteiger partial charge in [-0.3, -0.25) is 14.2 Å². The lowest BCUT2D eigenvalue weighted by atomic mass is 10.1. The van der Waals surface area contributed by atoms with Crippen LogP contribution < -0.4 is 16.6 Å². The summed E-state index contributed by atoms with van der Waals surface area (Å²) >= 11 is 0. The molecule has 0 fully saturated rings. The Morgan fingerprint density at radius 1 is 1.20 bits per heavy atom. The van der Waals surface area contributed by atoms with Crippen molar-refractivity contribution in [3.63, 3.8) is 0 Å². The monoisotopic (exact) mass is 341 g/mol. The third kappa shape index (κ3) is 2.86. The van der Waals surface area contributed by atoms with E-state index < -0.39 is 17.2 Å². The molecule has 0 spiro atoms. The molecule has 1 amide bonds. The molecule has 130 valence electrons. The summed E-state index contributed by atoms with van der Waals surface area (Å²) in [5.74, 6) is -0.429. The molecule has 0 aliphatic rings. The van der Waals surface area contributed by atoms with Gasteiger partial charge in [0.25, 0.3) is 5.56 Å². The van der Waals surface area contributed by atoms with Crippen LogP contribution in [0.3, 0.4) is 0 Å². The van der Waals surface area contributed by atoms with Crippen LogP contribution in [0.4, 0.5) is 5.69 Å². The van der Waals surface area contributed by atoms with Crippen LogP contribution in [-0.4, -0.2) is 24.6 Å². The van der Waals surface area contributed by atoms with Gasteiger partial charge in [-0.05, 0) is 18.1 Å². The van der Waals surface area contributed by atoms with Crippen LogP contribution >= 0.6 is 0 Å². The first-order chi connectivity index (χ1) is 11.9. The van der Waals surface area contributed by atoms with Crippen molar-refractivity contribution in [1.29, 1.82) is 0 Å². The van der Waals surface area contributed by atoms with Gasteiger partial charge in [0.15, 0.2) is 11.2 Å². The molecule has 0 saturated heterocycles. The van der Waals surface area contributed by atoms with Crippen LogP contribution in [0.15, 0.2) is 40.2 Å². The molecule has 25 heavy (non-hydrogen) atoms. The van der Waals surface area contributed by atoms with E-state index in [1.807, 2.05) is 25.1 Å². The van der Waals surface area contributed by atoms with Crippen LogP contribution in [0.5, 0.6) is 0 Å². The van der Waals surface area contributed by atoms with Gasteiger partial charge >= 0.3 is 5.69 Å². The molecule has 0 aliphatic heterocycles. The van der Waals surface area contributed by atoms with Crippen LogP contribution in [0.25, 0.3) is 11.2 Å². The zero-order chi connectivity index (χ0) is 18.1. The second-order valence-corrected chi connectivity index (χ2v) is 5.82. The van der Waals surface area contributed by atoms with Crippen molar-refractivity contribution in [3.05, 3.63) is 57.0 Å². The van der Waals surface area contributed by atoms with Gasteiger partial charge in [-0.15, -0.1) is 0 Å². The molecule has 0 unspecified atom stereocenters. The molecule has 2 heterocycles. The quantitative estimate of drug-likeness (QED) is 0.754. The summed E-state index contributed by atoms with van der Waals surface area (Å²) in [6.07, 6.45) is 2.23. The lowest BCUT2D eigenvalue weighted by Crippen LogP contribution is -2.42. The van der Waals surface area contributed by atoms with Gasteiger partial charge in [-0.1, -0.05) is 25.1 Å². The maximum Gasteiger partial charge on any atom is 0.332 e. The number of para-hydroxylation sites is 1. The van der Waals surface area contributed by atoms with Gasteiger partial charge in [0.1, 0.15) is 6.54 Å². The van der Waals surface area contributed by atoms with E-state index in [2.05, 4.69) is 10.3 Å². The number of fused-ring (bicyclic) bond motifs is 1. The van der Waals surface area contributed by atoms with Crippen LogP contribution in [0.1, 0.15) is 12.5 Å². The third-order valence-electron chi connectivity index (χ3n) is 4.18. The fourth-order valence-corrected chi connectivity index (χ4v) is 2.82. The van der Waals surface area contributed by atoms with Crippen molar-refractivity contribution >= 4 is 22.8 Å². The minimum atomic E-state index is -0.574. The minimum Gasteiger partial charge on any atom is -0.328 e. The number of amides is 1. The molecule has 3 aromatic rings. The highest BCUT2D eigenvalue weighted by Gasteiger charge is 2.17. The van der Waals surface area contributed by atoms with Crippen LogP contribution in [-0.2, 0) is 31.9 Å². The van der Waals surface area contributed by atoms with E-state index >= 15 is 0 Å². The molecule has 0 radical (unpaired) electrons. The average molecular weight is 341 g/mol. The van der Waals surface area contributed by atoms with Crippen molar-refractivity contribution in [2.75, 3.05) is 5.32 Å². The topological polar surface area (TPSA) is 90.9 Å². The fourth-order valence-electron chi connectivity index (χ4n) is 2.82. The number of imidazole rings is 1. The summed E-state index contributed by atoms with van der Waals surface area (Å²) in [4.78, 5) is 41.5. The molecular weight excluding hydrogens is 322 g/mol. The molecule has 8 heteroatoms. The largest absolute Gasteiger partial charge is 0.332 e. The molecular formula is C17H19N5O3. The van der Waals surface area contributed by atoms with E-state index in [1.54, 1.807) is 13.1 Å². The second-order valence-electron chi connectivity index (χ2n) is 5.82. The van der Waals surface area contributed by atoms with E-state index in [1.165, 1.54) is 22.5 Å². The van der Waals surface area contributed by atoms with Crippen LogP contribution in [0, 0.1) is 0 Å². The SMILES string of the molecule is CCc1ccccc1NC(=O)Cn1c(=O)c2c(ncn2C)n(C)c1=O. The number of aromatic nitrogens is 4. The van der Waals surface area contributed by atoms with Crippen LogP contribution in [0.2, 0.25) is 0 Å². The molecule has 8 nitrogen and oxygen atoms in total. The number of aryl methyl sites for hydroxylation is 3. The zero-order valence-electron chi connectivity index (χ0n) is 14.3. The molecule has 0 bridgehead atoms. The molecule has 0 aliphatic carbocycles. The van der Waals surface area contributed by atoms with Gasteiger partial charge in [-0.2, -0.15) is 0 Å². The maximum absolute atomic E-state index is 12.6. The average Bonchev–Trinajstić information content (AvgIpc) is 2.99. The van der Waals surface area contributed by atoms with Crippen molar-refractivity contribution in [1.82, 2.24) is 18.7 Å². The van der Waals surface area contributed by atoms with E-state index in [9.17, 15) is 14.4 Å². The summed E-state index contributed by atoms with van der Waals surface area (Å²) in [5.41, 5.74) is 1.14. The first-order valence-corrected chi connectivity index (χ1v) is 7.92. The normalized spacial score (nSPS) is 11.0. The number of hydrogen-bond acceptors (Lipinski definition) is 4. The maximum atomic E-state index is 12.6. The number of benzene rings is 1. The Hall–Kier alpha value is -3.16.